The largest absolute Gasteiger partial charge is 0.348 e. The molecule has 0 unspecified atom stereocenters. The minimum atomic E-state index is -0.144. The summed E-state index contributed by atoms with van der Waals surface area (Å²) in [6.45, 7) is 4.36. The van der Waals surface area contributed by atoms with Gasteiger partial charge in [-0.05, 0) is 66.9 Å². The van der Waals surface area contributed by atoms with Gasteiger partial charge in [0.05, 0.1) is 5.69 Å². The van der Waals surface area contributed by atoms with Gasteiger partial charge in [-0.2, -0.15) is 0 Å². The maximum Gasteiger partial charge on any atom is 0.251 e. The van der Waals surface area contributed by atoms with Crippen LogP contribution in [-0.4, -0.2) is 20.9 Å². The van der Waals surface area contributed by atoms with Crippen LogP contribution in [0.25, 0.3) is 22.4 Å². The number of nitrogens with zero attached hydrogens (tertiary/aromatic N) is 3. The Bertz CT molecular complexity index is 1150. The van der Waals surface area contributed by atoms with Crippen LogP contribution in [0.2, 0.25) is 0 Å². The van der Waals surface area contributed by atoms with Crippen molar-refractivity contribution < 1.29 is 4.79 Å². The molecule has 0 bridgehead atoms. The molecule has 3 heterocycles. The van der Waals surface area contributed by atoms with Gasteiger partial charge in [0.15, 0.2) is 0 Å². The van der Waals surface area contributed by atoms with E-state index in [-0.39, 0.29) is 5.91 Å². The van der Waals surface area contributed by atoms with E-state index in [0.29, 0.717) is 12.1 Å². The summed E-state index contributed by atoms with van der Waals surface area (Å²) in [6, 6.07) is 17.6. The van der Waals surface area contributed by atoms with Crippen LogP contribution in [-0.2, 0) is 6.54 Å². The highest BCUT2D eigenvalue weighted by Gasteiger charge is 2.12. The van der Waals surface area contributed by atoms with E-state index in [9.17, 15) is 4.79 Å². The molecule has 0 spiro atoms. The average Bonchev–Trinajstić information content (AvgIpc) is 2.79. The molecule has 5 nitrogen and oxygen atoms in total. The molecule has 0 saturated heterocycles. The van der Waals surface area contributed by atoms with Crippen molar-refractivity contribution in [3.63, 3.8) is 0 Å². The predicted octanol–water partition coefficient (Wildman–Crippen LogP) is 4.75. The first kappa shape index (κ1) is 19.5. The van der Waals surface area contributed by atoms with Crippen LogP contribution < -0.4 is 5.32 Å². The van der Waals surface area contributed by atoms with Gasteiger partial charge in [-0.1, -0.05) is 18.2 Å². The van der Waals surface area contributed by atoms with E-state index in [0.717, 1.165) is 39.2 Å². The number of carbonyl (C=O) groups excluding carboxylic acids is 1. The van der Waals surface area contributed by atoms with Crippen molar-refractivity contribution in [2.45, 2.75) is 20.4 Å². The number of rotatable bonds is 5. The zero-order chi connectivity index (χ0) is 20.9. The van der Waals surface area contributed by atoms with Gasteiger partial charge >= 0.3 is 0 Å². The van der Waals surface area contributed by atoms with E-state index in [4.69, 9.17) is 0 Å². The smallest absolute Gasteiger partial charge is 0.251 e. The van der Waals surface area contributed by atoms with Crippen LogP contribution in [0.15, 0.2) is 79.4 Å². The summed E-state index contributed by atoms with van der Waals surface area (Å²) in [4.78, 5) is 26.0. The SMILES string of the molecule is Cc1ccc(-c2cc(C(=O)NCc3ccc(C)nc3)cc(-c3cccnc3)c2)nc1. The quantitative estimate of drug-likeness (QED) is 0.530. The third kappa shape index (κ3) is 4.58. The van der Waals surface area contributed by atoms with Crippen LogP contribution >= 0.6 is 0 Å². The van der Waals surface area contributed by atoms with Crippen LogP contribution in [0, 0.1) is 13.8 Å². The Morgan fingerprint density at radius 2 is 1.73 bits per heavy atom. The molecule has 0 aliphatic heterocycles. The fraction of sp³-hybridized carbons (Fsp3) is 0.120. The standard InChI is InChI=1S/C25H22N4O/c1-17-5-8-24(28-13-17)22-10-21(20-4-3-9-26-16-20)11-23(12-22)25(30)29-15-19-7-6-18(2)27-14-19/h3-14,16H,15H2,1-2H3,(H,29,30). The summed E-state index contributed by atoms with van der Waals surface area (Å²) in [5.41, 5.74) is 7.15. The summed E-state index contributed by atoms with van der Waals surface area (Å²) in [5, 5.41) is 2.99. The zero-order valence-electron chi connectivity index (χ0n) is 17.0. The summed E-state index contributed by atoms with van der Waals surface area (Å²) in [5.74, 6) is -0.144. The highest BCUT2D eigenvalue weighted by Crippen LogP contribution is 2.27. The second-order valence-corrected chi connectivity index (χ2v) is 7.25. The number of hydrogen-bond donors (Lipinski definition) is 1. The van der Waals surface area contributed by atoms with Crippen LogP contribution in [0.3, 0.4) is 0 Å². The number of carbonyl (C=O) groups is 1. The Labute approximate surface area is 175 Å². The molecule has 0 aliphatic rings. The Hall–Kier alpha value is -3.86. The second kappa shape index (κ2) is 8.66. The lowest BCUT2D eigenvalue weighted by atomic mass is 9.98. The lowest BCUT2D eigenvalue weighted by Gasteiger charge is -2.11. The topological polar surface area (TPSA) is 67.8 Å². The highest BCUT2D eigenvalue weighted by atomic mass is 16.1. The van der Waals surface area contributed by atoms with Gasteiger partial charge < -0.3 is 5.32 Å². The first-order chi connectivity index (χ1) is 14.6. The van der Waals surface area contributed by atoms with Gasteiger partial charge in [-0.25, -0.2) is 0 Å². The minimum Gasteiger partial charge on any atom is -0.348 e. The minimum absolute atomic E-state index is 0.144. The number of benzene rings is 1. The van der Waals surface area contributed by atoms with Crippen LogP contribution in [0.5, 0.6) is 0 Å². The van der Waals surface area contributed by atoms with Gasteiger partial charge in [0.2, 0.25) is 0 Å². The zero-order valence-corrected chi connectivity index (χ0v) is 17.0. The van der Waals surface area contributed by atoms with E-state index in [1.54, 1.807) is 18.6 Å². The molecule has 0 aliphatic carbocycles. The van der Waals surface area contributed by atoms with Crippen molar-refractivity contribution in [1.82, 2.24) is 20.3 Å². The van der Waals surface area contributed by atoms with Crippen molar-refractivity contribution in [3.8, 4) is 22.4 Å². The summed E-state index contributed by atoms with van der Waals surface area (Å²) >= 11 is 0. The number of aromatic nitrogens is 3. The van der Waals surface area contributed by atoms with Crippen LogP contribution in [0.1, 0.15) is 27.2 Å². The van der Waals surface area contributed by atoms with Crippen LogP contribution in [0.4, 0.5) is 0 Å². The molecule has 0 atom stereocenters. The number of amides is 1. The third-order valence-electron chi connectivity index (χ3n) is 4.82. The molecular formula is C25H22N4O. The molecule has 4 rings (SSSR count). The molecule has 4 aromatic rings. The summed E-state index contributed by atoms with van der Waals surface area (Å²) < 4.78 is 0. The monoisotopic (exact) mass is 394 g/mol. The van der Waals surface area contributed by atoms with E-state index in [1.807, 2.05) is 74.6 Å². The first-order valence-corrected chi connectivity index (χ1v) is 9.77. The Morgan fingerprint density at radius 1 is 0.867 bits per heavy atom. The molecule has 3 aromatic heterocycles. The van der Waals surface area contributed by atoms with Gasteiger partial charge in [-0.3, -0.25) is 19.7 Å². The predicted molar refractivity (Wildman–Crippen MR) is 118 cm³/mol. The number of nitrogens with one attached hydrogen (secondary N) is 1. The highest BCUT2D eigenvalue weighted by molar-refractivity contribution is 5.97. The summed E-state index contributed by atoms with van der Waals surface area (Å²) in [6.07, 6.45) is 7.14. The lowest BCUT2D eigenvalue weighted by Crippen LogP contribution is -2.23. The van der Waals surface area contributed by atoms with Crippen molar-refractivity contribution >= 4 is 5.91 Å². The van der Waals surface area contributed by atoms with E-state index in [1.165, 1.54) is 0 Å². The van der Waals surface area contributed by atoms with Gasteiger partial charge in [0.25, 0.3) is 5.91 Å². The fourth-order valence-electron chi connectivity index (χ4n) is 3.13. The van der Waals surface area contributed by atoms with Gasteiger partial charge in [0.1, 0.15) is 0 Å². The molecule has 30 heavy (non-hydrogen) atoms. The molecule has 5 heteroatoms. The molecule has 0 radical (unpaired) electrons. The normalized spacial score (nSPS) is 10.6. The van der Waals surface area contributed by atoms with E-state index >= 15 is 0 Å². The Balaban J connectivity index is 1.67. The molecule has 1 aromatic carbocycles. The number of pyridine rings is 3. The molecular weight excluding hydrogens is 372 g/mol. The van der Waals surface area contributed by atoms with Crippen molar-refractivity contribution in [2.75, 3.05) is 0 Å². The van der Waals surface area contributed by atoms with Crippen molar-refractivity contribution in [3.05, 3.63) is 102 Å². The third-order valence-corrected chi connectivity index (χ3v) is 4.82. The Kier molecular flexibility index (Phi) is 5.61. The van der Waals surface area contributed by atoms with Gasteiger partial charge in [-0.15, -0.1) is 0 Å². The van der Waals surface area contributed by atoms with Gasteiger partial charge in [0, 0.05) is 53.7 Å². The van der Waals surface area contributed by atoms with E-state index in [2.05, 4.69) is 20.3 Å². The fourth-order valence-corrected chi connectivity index (χ4v) is 3.13. The van der Waals surface area contributed by atoms with Crippen molar-refractivity contribution in [1.29, 1.82) is 0 Å². The summed E-state index contributed by atoms with van der Waals surface area (Å²) in [7, 11) is 0. The Morgan fingerprint density at radius 3 is 2.43 bits per heavy atom. The average molecular weight is 394 g/mol. The second-order valence-electron chi connectivity index (χ2n) is 7.25. The molecule has 1 amide bonds. The molecule has 0 saturated carbocycles. The molecule has 148 valence electrons. The van der Waals surface area contributed by atoms with Crippen molar-refractivity contribution in [2.24, 2.45) is 0 Å². The number of aryl methyl sites for hydroxylation is 2. The number of hydrogen-bond acceptors (Lipinski definition) is 4. The maximum absolute atomic E-state index is 12.9. The first-order valence-electron chi connectivity index (χ1n) is 9.77. The lowest BCUT2D eigenvalue weighted by molar-refractivity contribution is 0.0951. The maximum atomic E-state index is 12.9. The molecule has 1 N–H and O–H groups in total. The molecule has 0 fully saturated rings. The van der Waals surface area contributed by atoms with E-state index < -0.39 is 0 Å².